The van der Waals surface area contributed by atoms with Gasteiger partial charge >= 0.3 is 18.0 Å². The van der Waals surface area contributed by atoms with E-state index in [0.29, 0.717) is 5.57 Å². The van der Waals surface area contributed by atoms with Gasteiger partial charge in [0.15, 0.2) is 23.2 Å². The van der Waals surface area contributed by atoms with Crippen LogP contribution in [0, 0.1) is 0 Å². The number of nitrogens with one attached hydrogen (secondary N) is 2. The number of nitrogens with two attached hydrogens (primary N) is 4. The van der Waals surface area contributed by atoms with E-state index in [4.69, 9.17) is 45.3 Å². The van der Waals surface area contributed by atoms with Crippen molar-refractivity contribution in [1.82, 2.24) is 29.2 Å². The quantitative estimate of drug-likeness (QED) is 0.0190. The first-order chi connectivity index (χ1) is 25.6. The fraction of sp³-hybridized carbons (Fsp3) is 0.500. The van der Waals surface area contributed by atoms with Gasteiger partial charge in [0.25, 0.3) is 11.8 Å². The first kappa shape index (κ1) is 44.2. The summed E-state index contributed by atoms with van der Waals surface area (Å²) in [4.78, 5) is 75.1. The Kier molecular flexibility index (Phi) is 14.8. The summed E-state index contributed by atoms with van der Waals surface area (Å²) in [5, 5.41) is 37.3. The van der Waals surface area contributed by atoms with E-state index in [1.165, 1.54) is 46.1 Å². The summed E-state index contributed by atoms with van der Waals surface area (Å²) in [7, 11) is -4.92. The zero-order valence-corrected chi connectivity index (χ0v) is 31.5. The number of hydrogen-bond donors (Lipinski definition) is 10. The Hall–Kier alpha value is -5.17. The molecule has 0 bridgehead atoms. The van der Waals surface area contributed by atoms with E-state index in [9.17, 15) is 39.3 Å². The van der Waals surface area contributed by atoms with E-state index in [1.54, 1.807) is 0 Å². The van der Waals surface area contributed by atoms with Crippen molar-refractivity contribution in [3.05, 3.63) is 23.3 Å². The van der Waals surface area contributed by atoms with Crippen LogP contribution >= 0.6 is 23.3 Å². The SMILES string of the molecule is CC(C)(O/N=C(\C(=O)N[C@@H]1C(=O)N2C(C(=O)O)=C(C[n+]3cc(NC(=O)N(CCN)CCN)c(N)n3CCO)CS[C@H]12)c1nsc(N)n1)C(=O)O.O=S(=O)([O-])O. The number of amides is 4. The van der Waals surface area contributed by atoms with Gasteiger partial charge in [0, 0.05) is 49.0 Å². The number of hydrogen-bond acceptors (Lipinski definition) is 19. The molecule has 0 unspecified atom stereocenters. The molecule has 55 heavy (non-hydrogen) atoms. The van der Waals surface area contributed by atoms with Gasteiger partial charge in [0.1, 0.15) is 23.7 Å². The second-order valence-electron chi connectivity index (χ2n) is 11.7. The summed E-state index contributed by atoms with van der Waals surface area (Å²) in [6.45, 7) is 2.84. The molecule has 304 valence electrons. The van der Waals surface area contributed by atoms with Crippen molar-refractivity contribution in [3.8, 4) is 0 Å². The molecule has 29 heteroatoms. The van der Waals surface area contributed by atoms with Gasteiger partial charge in [-0.2, -0.15) is 9.36 Å². The van der Waals surface area contributed by atoms with E-state index < -0.39 is 62.9 Å². The lowest BCUT2D eigenvalue weighted by Crippen LogP contribution is -2.71. The monoisotopic (exact) mass is 837 g/mol. The lowest BCUT2D eigenvalue weighted by Gasteiger charge is -2.49. The molecule has 2 atom stereocenters. The number of nitrogens with zero attached hydrogens (tertiary/aromatic N) is 7. The van der Waals surface area contributed by atoms with Gasteiger partial charge in [-0.05, 0) is 13.8 Å². The number of rotatable bonds is 16. The second kappa shape index (κ2) is 18.4. The standard InChI is InChI=1S/C26H37N13O9S2.H2O4S/c1-26(2,23(45)46)48-34-14(18-33-24(30)50-35-18)19(41)32-15-20(42)39-16(22(43)44)12(11-49-21(15)39)9-37-10-13(17(29)38(37)7-8-40)31-25(47)36(5-3-27)6-4-28;1-5(2,3)4/h10,15,21,29,40H,3-9,11,27-28H2,1-2H3,(H6,30,31,32,33,35,41,43,44,45,46,47);(H2,1,2,3,4)/b34-14-;/t15-,21-;/m1./s1. The number of aromatic nitrogens is 4. The van der Waals surface area contributed by atoms with Crippen molar-refractivity contribution in [2.45, 2.75) is 44.0 Å². The van der Waals surface area contributed by atoms with Gasteiger partial charge in [0.2, 0.25) is 33.7 Å². The Balaban J connectivity index is 0.00000152. The van der Waals surface area contributed by atoms with Crippen LogP contribution < -0.4 is 38.3 Å². The molecule has 26 nitrogen and oxygen atoms in total. The number of urea groups is 1. The Morgan fingerprint density at radius 1 is 1.20 bits per heavy atom. The van der Waals surface area contributed by atoms with Gasteiger partial charge in [-0.3, -0.25) is 24.4 Å². The largest absolute Gasteiger partial charge is 0.726 e. The van der Waals surface area contributed by atoms with Crippen LogP contribution in [-0.2, 0) is 47.5 Å². The predicted octanol–water partition coefficient (Wildman–Crippen LogP) is -4.44. The van der Waals surface area contributed by atoms with Crippen LogP contribution in [0.1, 0.15) is 19.7 Å². The van der Waals surface area contributed by atoms with Crippen LogP contribution in [0.3, 0.4) is 0 Å². The van der Waals surface area contributed by atoms with Crippen LogP contribution in [0.5, 0.6) is 0 Å². The van der Waals surface area contributed by atoms with Crippen LogP contribution in [0.2, 0.25) is 0 Å². The molecule has 14 N–H and O–H groups in total. The van der Waals surface area contributed by atoms with Gasteiger partial charge in [-0.1, -0.05) is 5.16 Å². The van der Waals surface area contributed by atoms with Crippen molar-refractivity contribution < 1.29 is 66.3 Å². The number of β-lactam (4-membered cyclic amide) rings is 1. The molecule has 2 aromatic rings. The summed E-state index contributed by atoms with van der Waals surface area (Å²) in [6, 6.07) is -1.72. The highest BCUT2D eigenvalue weighted by Crippen LogP contribution is 2.40. The van der Waals surface area contributed by atoms with E-state index in [2.05, 4.69) is 25.1 Å². The number of carbonyl (C=O) groups excluding carboxylic acids is 3. The number of aliphatic hydroxyl groups excluding tert-OH is 1. The maximum atomic E-state index is 13.4. The second-order valence-corrected chi connectivity index (χ2v) is 14.5. The van der Waals surface area contributed by atoms with E-state index in [-0.39, 0.29) is 79.8 Å². The molecule has 2 aliphatic heterocycles. The van der Waals surface area contributed by atoms with Crippen LogP contribution in [0.25, 0.3) is 0 Å². The van der Waals surface area contributed by atoms with Crippen molar-refractivity contribution in [2.24, 2.45) is 16.6 Å². The Bertz CT molecular complexity index is 1950. The minimum absolute atomic E-state index is 0.00400. The summed E-state index contributed by atoms with van der Waals surface area (Å²) in [5.74, 6) is -4.61. The molecule has 2 aromatic heterocycles. The fourth-order valence-corrected chi connectivity index (χ4v) is 6.65. The maximum absolute atomic E-state index is 13.4. The molecular formula is C26H39N13O13S3. The van der Waals surface area contributed by atoms with Crippen LogP contribution in [0.15, 0.2) is 22.6 Å². The zero-order valence-electron chi connectivity index (χ0n) is 29.0. The van der Waals surface area contributed by atoms with Crippen molar-refractivity contribution in [3.63, 3.8) is 0 Å². The van der Waals surface area contributed by atoms with Crippen LogP contribution in [0.4, 0.5) is 21.4 Å². The zero-order chi connectivity index (χ0) is 41.4. The topological polar surface area (TPSA) is 414 Å². The first-order valence-corrected chi connectivity index (χ1v) is 18.8. The van der Waals surface area contributed by atoms with Gasteiger partial charge in [-0.25, -0.2) is 22.8 Å². The summed E-state index contributed by atoms with van der Waals surface area (Å²) in [5.41, 5.74) is 21.0. The smallest absolute Gasteiger partial charge is 0.352 e. The number of carboxylic acid groups (broad SMARTS) is 2. The van der Waals surface area contributed by atoms with Gasteiger partial charge < -0.3 is 57.9 Å². The molecule has 0 spiro atoms. The number of anilines is 3. The van der Waals surface area contributed by atoms with E-state index in [0.717, 1.165) is 16.4 Å². The number of thioether (sulfide) groups is 1. The lowest BCUT2D eigenvalue weighted by molar-refractivity contribution is -0.767. The molecule has 1 saturated heterocycles. The molecule has 4 amide bonds. The normalized spacial score (nSPS) is 17.0. The third kappa shape index (κ3) is 11.2. The molecule has 0 aromatic carbocycles. The third-order valence-electron chi connectivity index (χ3n) is 7.42. The average Bonchev–Trinajstić information content (AvgIpc) is 3.64. The number of carboxylic acids is 2. The number of aliphatic carboxylic acids is 2. The van der Waals surface area contributed by atoms with Crippen molar-refractivity contribution in [1.29, 1.82) is 0 Å². The Morgan fingerprint density at radius 3 is 2.33 bits per heavy atom. The molecule has 2 aliphatic rings. The number of aliphatic hydroxyl groups is 1. The predicted molar refractivity (Wildman–Crippen MR) is 190 cm³/mol. The van der Waals surface area contributed by atoms with Gasteiger partial charge in [0.05, 0.1) is 6.61 Å². The minimum Gasteiger partial charge on any atom is -0.726 e. The molecular weight excluding hydrogens is 799 g/mol. The van der Waals surface area contributed by atoms with Crippen LogP contribution in [-0.4, -0.2) is 148 Å². The lowest BCUT2D eigenvalue weighted by atomic mass is 10.0. The maximum Gasteiger partial charge on any atom is 0.352 e. The average molecular weight is 838 g/mol. The third-order valence-corrected chi connectivity index (χ3v) is 9.30. The summed E-state index contributed by atoms with van der Waals surface area (Å²) in [6.07, 6.45) is 1.48. The molecule has 0 saturated carbocycles. The number of carbonyl (C=O) groups is 5. The van der Waals surface area contributed by atoms with E-state index in [1.807, 2.05) is 0 Å². The summed E-state index contributed by atoms with van der Waals surface area (Å²) < 4.78 is 39.7. The van der Waals surface area contributed by atoms with Gasteiger partial charge in [-0.15, -0.1) is 21.1 Å². The first-order valence-electron chi connectivity index (χ1n) is 15.6. The number of fused-ring (bicyclic) bond motifs is 1. The highest BCUT2D eigenvalue weighted by atomic mass is 32.3. The molecule has 0 radical (unpaired) electrons. The Labute approximate surface area is 319 Å². The van der Waals surface area contributed by atoms with Crippen molar-refractivity contribution >= 4 is 85.8 Å². The minimum atomic E-state index is -4.92. The summed E-state index contributed by atoms with van der Waals surface area (Å²) >= 11 is 1.91. The number of nitrogen functional groups attached to an aromatic ring is 2. The Morgan fingerprint density at radius 2 is 1.82 bits per heavy atom. The fourth-order valence-electron chi connectivity index (χ4n) is 4.88. The molecule has 4 rings (SSSR count). The molecule has 1 fully saturated rings. The molecule has 0 aliphatic carbocycles. The highest BCUT2D eigenvalue weighted by molar-refractivity contribution is 8.00. The van der Waals surface area contributed by atoms with Crippen molar-refractivity contribution in [2.75, 3.05) is 55.3 Å². The molecule has 4 heterocycles. The highest BCUT2D eigenvalue weighted by Gasteiger charge is 2.55. The van der Waals surface area contributed by atoms with E-state index >= 15 is 0 Å². The number of oxime groups is 1.